The first-order valence-corrected chi connectivity index (χ1v) is 6.06. The van der Waals surface area contributed by atoms with Gasteiger partial charge >= 0.3 is 5.97 Å². The van der Waals surface area contributed by atoms with Crippen molar-refractivity contribution in [1.82, 2.24) is 5.16 Å². The van der Waals surface area contributed by atoms with E-state index in [9.17, 15) is 18.7 Å². The molecule has 1 aromatic heterocycles. The third kappa shape index (κ3) is 2.84. The minimum absolute atomic E-state index is 0.0404. The van der Waals surface area contributed by atoms with Gasteiger partial charge in [-0.15, -0.1) is 0 Å². The number of benzene rings is 1. The first kappa shape index (κ1) is 14.2. The summed E-state index contributed by atoms with van der Waals surface area (Å²) in [6.45, 7) is 3.80. The van der Waals surface area contributed by atoms with Gasteiger partial charge < -0.3 is 9.63 Å². The first-order valence-electron chi connectivity index (χ1n) is 6.06. The van der Waals surface area contributed by atoms with E-state index >= 15 is 0 Å². The quantitative estimate of drug-likeness (QED) is 0.931. The third-order valence-electron chi connectivity index (χ3n) is 2.71. The Labute approximate surface area is 114 Å². The molecule has 0 radical (unpaired) electrons. The number of nitrogens with zero attached hydrogens (tertiary/aromatic N) is 1. The minimum atomic E-state index is -1.23. The van der Waals surface area contributed by atoms with Gasteiger partial charge in [-0.25, -0.2) is 13.6 Å². The van der Waals surface area contributed by atoms with Crippen molar-refractivity contribution in [3.8, 4) is 11.3 Å². The Bertz CT molecular complexity index is 630. The van der Waals surface area contributed by atoms with Gasteiger partial charge in [0.1, 0.15) is 22.9 Å². The van der Waals surface area contributed by atoms with Crippen molar-refractivity contribution >= 4 is 5.97 Å². The maximum Gasteiger partial charge on any atom is 0.341 e. The molecule has 106 valence electrons. The molecule has 2 rings (SSSR count). The molecular weight excluding hydrogens is 268 g/mol. The zero-order chi connectivity index (χ0) is 14.9. The number of hydrogen-bond donors (Lipinski definition) is 1. The number of halogens is 2. The molecule has 0 aliphatic heterocycles. The van der Waals surface area contributed by atoms with Crippen molar-refractivity contribution in [2.45, 2.75) is 20.3 Å². The smallest absolute Gasteiger partial charge is 0.341 e. The van der Waals surface area contributed by atoms with E-state index in [1.807, 2.05) is 13.8 Å². The Hall–Kier alpha value is -2.24. The lowest BCUT2D eigenvalue weighted by Gasteiger charge is -2.02. The van der Waals surface area contributed by atoms with Gasteiger partial charge in [-0.2, -0.15) is 0 Å². The molecule has 2 aromatic rings. The van der Waals surface area contributed by atoms with Gasteiger partial charge in [-0.05, 0) is 18.1 Å². The summed E-state index contributed by atoms with van der Waals surface area (Å²) in [6, 6.07) is 2.75. The van der Waals surface area contributed by atoms with Gasteiger partial charge in [0, 0.05) is 18.1 Å². The highest BCUT2D eigenvalue weighted by Crippen LogP contribution is 2.28. The van der Waals surface area contributed by atoms with Crippen molar-refractivity contribution in [3.63, 3.8) is 0 Å². The van der Waals surface area contributed by atoms with E-state index in [4.69, 9.17) is 4.52 Å². The fraction of sp³-hybridized carbons (Fsp3) is 0.286. The van der Waals surface area contributed by atoms with Crippen LogP contribution in [-0.4, -0.2) is 16.2 Å². The van der Waals surface area contributed by atoms with Gasteiger partial charge in [0.2, 0.25) is 0 Å². The molecule has 1 heterocycles. The zero-order valence-electron chi connectivity index (χ0n) is 11.0. The van der Waals surface area contributed by atoms with Crippen LogP contribution in [0.5, 0.6) is 0 Å². The molecule has 0 saturated heterocycles. The summed E-state index contributed by atoms with van der Waals surface area (Å²) < 4.78 is 31.5. The van der Waals surface area contributed by atoms with Crippen LogP contribution in [0.2, 0.25) is 0 Å². The molecule has 4 nitrogen and oxygen atoms in total. The molecule has 0 spiro atoms. The van der Waals surface area contributed by atoms with Gasteiger partial charge in [0.05, 0.1) is 0 Å². The number of hydrogen-bond acceptors (Lipinski definition) is 3. The first-order chi connectivity index (χ1) is 9.38. The second-order valence-corrected chi connectivity index (χ2v) is 4.89. The van der Waals surface area contributed by atoms with Gasteiger partial charge in [0.15, 0.2) is 5.76 Å². The van der Waals surface area contributed by atoms with Crippen LogP contribution in [0.15, 0.2) is 22.7 Å². The summed E-state index contributed by atoms with van der Waals surface area (Å²) in [5.74, 6) is -2.47. The van der Waals surface area contributed by atoms with Crippen molar-refractivity contribution in [3.05, 3.63) is 41.2 Å². The Balaban J connectivity index is 2.56. The maximum atomic E-state index is 13.2. The number of carboxylic acids is 1. The van der Waals surface area contributed by atoms with Crippen LogP contribution < -0.4 is 0 Å². The Morgan fingerprint density at radius 3 is 2.40 bits per heavy atom. The van der Waals surface area contributed by atoms with Crippen LogP contribution in [0.25, 0.3) is 11.3 Å². The summed E-state index contributed by atoms with van der Waals surface area (Å²) in [4.78, 5) is 11.3. The standard InChI is InChI=1S/C14H13F2NO3/c1-7(2)3-11-12(14(18)19)13(17-20-11)8-4-9(15)6-10(16)5-8/h4-7H,3H2,1-2H3,(H,18,19). The molecule has 0 saturated carbocycles. The number of carboxylic acid groups (broad SMARTS) is 1. The SMILES string of the molecule is CC(C)Cc1onc(-c2cc(F)cc(F)c2)c1C(=O)O. The zero-order valence-corrected chi connectivity index (χ0v) is 11.0. The summed E-state index contributed by atoms with van der Waals surface area (Å²) >= 11 is 0. The van der Waals surface area contributed by atoms with Gasteiger partial charge in [0.25, 0.3) is 0 Å². The Morgan fingerprint density at radius 1 is 1.30 bits per heavy atom. The predicted octanol–water partition coefficient (Wildman–Crippen LogP) is 3.52. The molecular formula is C14H13F2NO3. The van der Waals surface area contributed by atoms with Crippen molar-refractivity contribution in [2.24, 2.45) is 5.92 Å². The molecule has 1 aromatic carbocycles. The third-order valence-corrected chi connectivity index (χ3v) is 2.71. The highest BCUT2D eigenvalue weighted by molar-refractivity contribution is 5.95. The van der Waals surface area contributed by atoms with Crippen molar-refractivity contribution in [1.29, 1.82) is 0 Å². The van der Waals surface area contributed by atoms with E-state index in [0.717, 1.165) is 12.1 Å². The molecule has 0 unspecified atom stereocenters. The summed E-state index contributed by atoms with van der Waals surface area (Å²) in [7, 11) is 0. The van der Waals surface area contributed by atoms with Crippen molar-refractivity contribution < 1.29 is 23.2 Å². The van der Waals surface area contributed by atoms with Crippen LogP contribution in [0.4, 0.5) is 8.78 Å². The molecule has 6 heteroatoms. The van der Waals surface area contributed by atoms with Crippen molar-refractivity contribution in [2.75, 3.05) is 0 Å². The van der Waals surface area contributed by atoms with E-state index < -0.39 is 17.6 Å². The van der Waals surface area contributed by atoms with Crippen LogP contribution >= 0.6 is 0 Å². The van der Waals surface area contributed by atoms with Crippen LogP contribution in [0, 0.1) is 17.6 Å². The highest BCUT2D eigenvalue weighted by Gasteiger charge is 2.24. The summed E-state index contributed by atoms with van der Waals surface area (Å²) in [6.07, 6.45) is 0.381. The van der Waals surface area contributed by atoms with Gasteiger partial charge in [-0.1, -0.05) is 19.0 Å². The maximum absolute atomic E-state index is 13.2. The highest BCUT2D eigenvalue weighted by atomic mass is 19.1. The summed E-state index contributed by atoms with van der Waals surface area (Å²) in [5, 5.41) is 12.9. The van der Waals surface area contributed by atoms with Crippen LogP contribution in [0.3, 0.4) is 0 Å². The van der Waals surface area contributed by atoms with E-state index in [-0.39, 0.29) is 28.5 Å². The van der Waals surface area contributed by atoms with Crippen LogP contribution in [-0.2, 0) is 6.42 Å². The Morgan fingerprint density at radius 2 is 1.90 bits per heavy atom. The topological polar surface area (TPSA) is 63.3 Å². The molecule has 0 aliphatic rings. The number of aromatic nitrogens is 1. The van der Waals surface area contributed by atoms with E-state index in [1.165, 1.54) is 0 Å². The monoisotopic (exact) mass is 281 g/mol. The predicted molar refractivity (Wildman–Crippen MR) is 67.4 cm³/mol. The number of carbonyl (C=O) groups is 1. The average Bonchev–Trinajstić information content (AvgIpc) is 2.70. The number of aromatic carboxylic acids is 1. The lowest BCUT2D eigenvalue weighted by molar-refractivity contribution is 0.0695. The minimum Gasteiger partial charge on any atom is -0.477 e. The summed E-state index contributed by atoms with van der Waals surface area (Å²) in [5.41, 5.74) is -0.172. The van der Waals surface area contributed by atoms with Crippen LogP contribution in [0.1, 0.15) is 30.0 Å². The molecule has 20 heavy (non-hydrogen) atoms. The molecule has 0 fully saturated rings. The molecule has 0 amide bonds. The average molecular weight is 281 g/mol. The Kier molecular flexibility index (Phi) is 3.83. The van der Waals surface area contributed by atoms with E-state index in [1.54, 1.807) is 0 Å². The molecule has 0 aliphatic carbocycles. The molecule has 0 bridgehead atoms. The lowest BCUT2D eigenvalue weighted by Crippen LogP contribution is -2.04. The second kappa shape index (κ2) is 5.40. The molecule has 1 N–H and O–H groups in total. The van der Waals surface area contributed by atoms with E-state index in [0.29, 0.717) is 12.5 Å². The molecule has 0 atom stereocenters. The second-order valence-electron chi connectivity index (χ2n) is 4.89. The van der Waals surface area contributed by atoms with E-state index in [2.05, 4.69) is 5.16 Å². The lowest BCUT2D eigenvalue weighted by atomic mass is 10.0. The largest absolute Gasteiger partial charge is 0.477 e. The normalized spacial score (nSPS) is 11.1. The van der Waals surface area contributed by atoms with Gasteiger partial charge in [-0.3, -0.25) is 0 Å². The fourth-order valence-corrected chi connectivity index (χ4v) is 1.94. The fourth-order valence-electron chi connectivity index (χ4n) is 1.94. The number of rotatable bonds is 4.